The number of nitrogens with zero attached hydrogens (tertiary/aromatic N) is 1. The minimum atomic E-state index is 0.0215. The highest BCUT2D eigenvalue weighted by Gasteiger charge is 2.43. The third kappa shape index (κ3) is 2.24. The Morgan fingerprint density at radius 1 is 1.30 bits per heavy atom. The van der Waals surface area contributed by atoms with Gasteiger partial charge in [-0.3, -0.25) is 4.79 Å². The molecule has 108 valence electrons. The average Bonchev–Trinajstić information content (AvgIpc) is 2.99. The molecule has 1 saturated heterocycles. The lowest BCUT2D eigenvalue weighted by atomic mass is 9.93. The number of aryl methyl sites for hydroxylation is 2. The van der Waals surface area contributed by atoms with E-state index in [1.54, 1.807) is 0 Å². The summed E-state index contributed by atoms with van der Waals surface area (Å²) in [6.45, 7) is 5.18. The maximum Gasteiger partial charge on any atom is 0.244 e. The predicted octanol–water partition coefficient (Wildman–Crippen LogP) is 2.65. The highest BCUT2D eigenvalue weighted by atomic mass is 16.2. The Hall–Kier alpha value is -1.35. The van der Waals surface area contributed by atoms with Gasteiger partial charge in [0.25, 0.3) is 0 Å². The van der Waals surface area contributed by atoms with Crippen molar-refractivity contribution in [1.82, 2.24) is 5.32 Å². The second-order valence-corrected chi connectivity index (χ2v) is 6.43. The summed E-state index contributed by atoms with van der Waals surface area (Å²) < 4.78 is 0. The first kappa shape index (κ1) is 13.6. The molecule has 2 fully saturated rings. The Morgan fingerprint density at radius 2 is 2.10 bits per heavy atom. The maximum atomic E-state index is 12.8. The molecule has 2 aliphatic rings. The van der Waals surface area contributed by atoms with E-state index in [1.807, 2.05) is 11.9 Å². The van der Waals surface area contributed by atoms with Gasteiger partial charge >= 0.3 is 0 Å². The Bertz CT molecular complexity index is 526. The van der Waals surface area contributed by atoms with Gasteiger partial charge in [-0.2, -0.15) is 0 Å². The molecule has 0 bridgehead atoms. The lowest BCUT2D eigenvalue weighted by Crippen LogP contribution is -2.45. The first-order valence-electron chi connectivity index (χ1n) is 7.66. The SMILES string of the molecule is Cc1ccc(N(C)C(=O)C2NCC3CCCC32)c(C)c1. The Morgan fingerprint density at radius 3 is 2.85 bits per heavy atom. The largest absolute Gasteiger partial charge is 0.314 e. The van der Waals surface area contributed by atoms with Crippen LogP contribution >= 0.6 is 0 Å². The van der Waals surface area contributed by atoms with Crippen LogP contribution in [-0.4, -0.2) is 25.5 Å². The van der Waals surface area contributed by atoms with E-state index in [-0.39, 0.29) is 11.9 Å². The molecule has 20 heavy (non-hydrogen) atoms. The van der Waals surface area contributed by atoms with Crippen molar-refractivity contribution in [2.24, 2.45) is 11.8 Å². The molecule has 0 spiro atoms. The molecule has 0 aromatic heterocycles. The fraction of sp³-hybridized carbons (Fsp3) is 0.588. The van der Waals surface area contributed by atoms with Crippen molar-refractivity contribution < 1.29 is 4.79 Å². The van der Waals surface area contributed by atoms with Gasteiger partial charge in [0, 0.05) is 12.7 Å². The summed E-state index contributed by atoms with van der Waals surface area (Å²) in [5, 5.41) is 3.45. The van der Waals surface area contributed by atoms with Crippen LogP contribution in [0, 0.1) is 25.7 Å². The molecule has 1 heterocycles. The molecule has 3 heteroatoms. The van der Waals surface area contributed by atoms with E-state index < -0.39 is 0 Å². The van der Waals surface area contributed by atoms with Crippen LogP contribution in [0.3, 0.4) is 0 Å². The number of benzene rings is 1. The van der Waals surface area contributed by atoms with Crippen molar-refractivity contribution >= 4 is 11.6 Å². The molecule has 1 N–H and O–H groups in total. The molecule has 1 saturated carbocycles. The molecule has 1 amide bonds. The van der Waals surface area contributed by atoms with Gasteiger partial charge in [0.15, 0.2) is 0 Å². The first-order chi connectivity index (χ1) is 9.58. The number of rotatable bonds is 2. The van der Waals surface area contributed by atoms with Gasteiger partial charge in [0.1, 0.15) is 0 Å². The molecular weight excluding hydrogens is 248 g/mol. The fourth-order valence-corrected chi connectivity index (χ4v) is 3.97. The monoisotopic (exact) mass is 272 g/mol. The van der Waals surface area contributed by atoms with Gasteiger partial charge in [0.05, 0.1) is 6.04 Å². The lowest BCUT2D eigenvalue weighted by Gasteiger charge is -2.26. The summed E-state index contributed by atoms with van der Waals surface area (Å²) in [5.74, 6) is 1.50. The molecule has 3 rings (SSSR count). The van der Waals surface area contributed by atoms with Gasteiger partial charge < -0.3 is 10.2 Å². The molecule has 3 atom stereocenters. The van der Waals surface area contributed by atoms with Crippen LogP contribution in [0.15, 0.2) is 18.2 Å². The Labute approximate surface area is 121 Å². The van der Waals surface area contributed by atoms with E-state index in [0.29, 0.717) is 5.92 Å². The number of likely N-dealkylation sites (N-methyl/N-ethyl adjacent to an activating group) is 1. The van der Waals surface area contributed by atoms with Crippen molar-refractivity contribution in [2.75, 3.05) is 18.5 Å². The minimum Gasteiger partial charge on any atom is -0.314 e. The average molecular weight is 272 g/mol. The topological polar surface area (TPSA) is 32.3 Å². The Kier molecular flexibility index (Phi) is 3.55. The van der Waals surface area contributed by atoms with E-state index in [9.17, 15) is 4.79 Å². The number of hydrogen-bond donors (Lipinski definition) is 1. The summed E-state index contributed by atoms with van der Waals surface area (Å²) in [7, 11) is 1.91. The van der Waals surface area contributed by atoms with E-state index in [4.69, 9.17) is 0 Å². The molecule has 1 aromatic carbocycles. The molecule has 1 aliphatic carbocycles. The van der Waals surface area contributed by atoms with Crippen LogP contribution in [0.4, 0.5) is 5.69 Å². The number of nitrogens with one attached hydrogen (secondary N) is 1. The second-order valence-electron chi connectivity index (χ2n) is 6.43. The van der Waals surface area contributed by atoms with Crippen LogP contribution in [0.5, 0.6) is 0 Å². The van der Waals surface area contributed by atoms with Crippen LogP contribution in [0.2, 0.25) is 0 Å². The number of carbonyl (C=O) groups is 1. The molecule has 0 radical (unpaired) electrons. The summed E-state index contributed by atoms with van der Waals surface area (Å²) >= 11 is 0. The third-order valence-electron chi connectivity index (χ3n) is 5.06. The van der Waals surface area contributed by atoms with Gasteiger partial charge in [0.2, 0.25) is 5.91 Å². The van der Waals surface area contributed by atoms with E-state index >= 15 is 0 Å². The van der Waals surface area contributed by atoms with Crippen molar-refractivity contribution in [3.63, 3.8) is 0 Å². The highest BCUT2D eigenvalue weighted by molar-refractivity contribution is 5.97. The lowest BCUT2D eigenvalue weighted by molar-refractivity contribution is -0.120. The molecule has 1 aliphatic heterocycles. The molecule has 1 aromatic rings. The number of fused-ring (bicyclic) bond motifs is 1. The van der Waals surface area contributed by atoms with E-state index in [0.717, 1.165) is 18.2 Å². The summed E-state index contributed by atoms with van der Waals surface area (Å²) in [5.41, 5.74) is 3.44. The predicted molar refractivity (Wildman–Crippen MR) is 81.9 cm³/mol. The van der Waals surface area contributed by atoms with Crippen LogP contribution in [-0.2, 0) is 4.79 Å². The standard InChI is InChI=1S/C17H24N2O/c1-11-7-8-15(12(2)9-11)19(3)17(20)16-14-6-4-5-13(14)10-18-16/h7-9,13-14,16,18H,4-6,10H2,1-3H3. The number of anilines is 1. The molecular formula is C17H24N2O. The third-order valence-corrected chi connectivity index (χ3v) is 5.06. The zero-order valence-electron chi connectivity index (χ0n) is 12.6. The smallest absolute Gasteiger partial charge is 0.244 e. The van der Waals surface area contributed by atoms with Crippen molar-refractivity contribution in [2.45, 2.75) is 39.2 Å². The number of carbonyl (C=O) groups excluding carboxylic acids is 1. The van der Waals surface area contributed by atoms with Crippen molar-refractivity contribution in [3.05, 3.63) is 29.3 Å². The zero-order valence-corrected chi connectivity index (χ0v) is 12.6. The van der Waals surface area contributed by atoms with Crippen LogP contribution in [0.25, 0.3) is 0 Å². The summed E-state index contributed by atoms with van der Waals surface area (Å²) in [6.07, 6.45) is 3.78. The van der Waals surface area contributed by atoms with Gasteiger partial charge in [-0.25, -0.2) is 0 Å². The maximum absolute atomic E-state index is 12.8. The van der Waals surface area contributed by atoms with Crippen molar-refractivity contribution in [1.29, 1.82) is 0 Å². The summed E-state index contributed by atoms with van der Waals surface area (Å²) in [4.78, 5) is 14.6. The Balaban J connectivity index is 1.79. The minimum absolute atomic E-state index is 0.0215. The second kappa shape index (κ2) is 5.21. The number of hydrogen-bond acceptors (Lipinski definition) is 2. The first-order valence-corrected chi connectivity index (χ1v) is 7.66. The number of amides is 1. The van der Waals surface area contributed by atoms with Crippen molar-refractivity contribution in [3.8, 4) is 0 Å². The molecule has 3 unspecified atom stereocenters. The molecule has 3 nitrogen and oxygen atoms in total. The van der Waals surface area contributed by atoms with E-state index in [1.165, 1.54) is 30.4 Å². The highest BCUT2D eigenvalue weighted by Crippen LogP contribution is 2.38. The van der Waals surface area contributed by atoms with Gasteiger partial charge in [-0.05, 0) is 56.7 Å². The van der Waals surface area contributed by atoms with Gasteiger partial charge in [-0.15, -0.1) is 0 Å². The zero-order chi connectivity index (χ0) is 14.3. The summed E-state index contributed by atoms with van der Waals surface area (Å²) in [6, 6.07) is 6.30. The fourth-order valence-electron chi connectivity index (χ4n) is 3.97. The van der Waals surface area contributed by atoms with Crippen LogP contribution < -0.4 is 10.2 Å². The normalized spacial score (nSPS) is 28.4. The quantitative estimate of drug-likeness (QED) is 0.897. The van der Waals surface area contributed by atoms with Crippen LogP contribution in [0.1, 0.15) is 30.4 Å². The van der Waals surface area contributed by atoms with Gasteiger partial charge in [-0.1, -0.05) is 24.1 Å². The van der Waals surface area contributed by atoms with E-state index in [2.05, 4.69) is 37.4 Å².